The van der Waals surface area contributed by atoms with Crippen molar-refractivity contribution in [3.63, 3.8) is 0 Å². The van der Waals surface area contributed by atoms with Crippen LogP contribution in [0, 0.1) is 24.4 Å². The zero-order valence-electron chi connectivity index (χ0n) is 12.6. The summed E-state index contributed by atoms with van der Waals surface area (Å²) in [5, 5.41) is 5.33. The van der Waals surface area contributed by atoms with E-state index in [0.717, 1.165) is 12.1 Å². The molecule has 0 saturated carbocycles. The van der Waals surface area contributed by atoms with Gasteiger partial charge in [0.1, 0.15) is 29.0 Å². The summed E-state index contributed by atoms with van der Waals surface area (Å²) in [6.45, 7) is 1.69. The minimum Gasteiger partial charge on any atom is -0.338 e. The molecule has 122 valence electrons. The lowest BCUT2D eigenvalue weighted by Gasteiger charge is -2.11. The molecule has 2 aromatic carbocycles. The Morgan fingerprint density at radius 2 is 1.46 bits per heavy atom. The molecule has 3 rings (SSSR count). The summed E-state index contributed by atoms with van der Waals surface area (Å²) in [4.78, 5) is 8.20. The molecule has 0 unspecified atom stereocenters. The Kier molecular flexibility index (Phi) is 4.33. The quantitative estimate of drug-likeness (QED) is 0.729. The molecule has 0 aliphatic carbocycles. The molecule has 24 heavy (non-hydrogen) atoms. The second-order valence-electron chi connectivity index (χ2n) is 5.04. The second kappa shape index (κ2) is 6.57. The first-order chi connectivity index (χ1) is 11.5. The fourth-order valence-corrected chi connectivity index (χ4v) is 2.12. The average molecular weight is 330 g/mol. The Bertz CT molecular complexity index is 863. The van der Waals surface area contributed by atoms with Crippen LogP contribution in [0.1, 0.15) is 5.69 Å². The standard InChI is InChI=1S/C17H13F3N4/c1-10-9-15(22-14-8-3-2-5-11(14)18)23-17(21-10)24-16-12(19)6-4-7-13(16)20/h2-9H,1H3,(H2,21,22,23,24). The number of nitrogens with zero attached hydrogens (tertiary/aromatic N) is 2. The van der Waals surface area contributed by atoms with Gasteiger partial charge < -0.3 is 10.6 Å². The molecule has 0 saturated heterocycles. The van der Waals surface area contributed by atoms with Crippen molar-refractivity contribution in [2.45, 2.75) is 6.92 Å². The van der Waals surface area contributed by atoms with Crippen LogP contribution in [-0.4, -0.2) is 9.97 Å². The molecule has 0 aliphatic rings. The topological polar surface area (TPSA) is 49.8 Å². The highest BCUT2D eigenvalue weighted by molar-refractivity contribution is 5.61. The molecule has 0 fully saturated rings. The maximum Gasteiger partial charge on any atom is 0.229 e. The lowest BCUT2D eigenvalue weighted by Crippen LogP contribution is -2.05. The van der Waals surface area contributed by atoms with Gasteiger partial charge in [-0.3, -0.25) is 0 Å². The molecule has 1 aromatic heterocycles. The van der Waals surface area contributed by atoms with Crippen LogP contribution in [0.2, 0.25) is 0 Å². The molecule has 0 spiro atoms. The Morgan fingerprint density at radius 3 is 2.17 bits per heavy atom. The van der Waals surface area contributed by atoms with Gasteiger partial charge in [0.25, 0.3) is 0 Å². The van der Waals surface area contributed by atoms with Crippen LogP contribution in [0.25, 0.3) is 0 Å². The van der Waals surface area contributed by atoms with E-state index in [-0.39, 0.29) is 17.3 Å². The van der Waals surface area contributed by atoms with Crippen molar-refractivity contribution in [1.82, 2.24) is 9.97 Å². The predicted molar refractivity (Wildman–Crippen MR) is 86.1 cm³/mol. The van der Waals surface area contributed by atoms with Crippen LogP contribution in [0.5, 0.6) is 0 Å². The second-order valence-corrected chi connectivity index (χ2v) is 5.04. The summed E-state index contributed by atoms with van der Waals surface area (Å²) in [6, 6.07) is 11.2. The largest absolute Gasteiger partial charge is 0.338 e. The lowest BCUT2D eigenvalue weighted by molar-refractivity contribution is 0.590. The number of nitrogens with one attached hydrogen (secondary N) is 2. The molecule has 4 nitrogen and oxygen atoms in total. The van der Waals surface area contributed by atoms with E-state index in [9.17, 15) is 13.2 Å². The zero-order chi connectivity index (χ0) is 17.1. The number of anilines is 4. The van der Waals surface area contributed by atoms with Crippen LogP contribution in [-0.2, 0) is 0 Å². The zero-order valence-corrected chi connectivity index (χ0v) is 12.6. The van der Waals surface area contributed by atoms with Crippen LogP contribution in [0.15, 0.2) is 48.5 Å². The highest BCUT2D eigenvalue weighted by atomic mass is 19.1. The Hall–Kier alpha value is -3.09. The third-order valence-electron chi connectivity index (χ3n) is 3.19. The summed E-state index contributed by atoms with van der Waals surface area (Å²) >= 11 is 0. The van der Waals surface area contributed by atoms with Crippen LogP contribution >= 0.6 is 0 Å². The van der Waals surface area contributed by atoms with Crippen molar-refractivity contribution in [3.8, 4) is 0 Å². The first kappa shape index (κ1) is 15.8. The summed E-state index contributed by atoms with van der Waals surface area (Å²) in [5.41, 5.74) is 0.432. The number of hydrogen-bond donors (Lipinski definition) is 2. The van der Waals surface area contributed by atoms with Crippen molar-refractivity contribution in [3.05, 3.63) is 71.7 Å². The van der Waals surface area contributed by atoms with Gasteiger partial charge in [-0.2, -0.15) is 4.98 Å². The highest BCUT2D eigenvalue weighted by Crippen LogP contribution is 2.24. The normalized spacial score (nSPS) is 10.5. The third kappa shape index (κ3) is 3.45. The van der Waals surface area contributed by atoms with Gasteiger partial charge in [0.15, 0.2) is 0 Å². The molecule has 0 amide bonds. The lowest BCUT2D eigenvalue weighted by atomic mass is 10.3. The summed E-state index contributed by atoms with van der Waals surface area (Å²) < 4.78 is 41.1. The van der Waals surface area contributed by atoms with Gasteiger partial charge in [-0.1, -0.05) is 18.2 Å². The van der Waals surface area contributed by atoms with Crippen molar-refractivity contribution in [2.24, 2.45) is 0 Å². The van der Waals surface area contributed by atoms with E-state index < -0.39 is 17.5 Å². The fourth-order valence-electron chi connectivity index (χ4n) is 2.12. The average Bonchev–Trinajstić information content (AvgIpc) is 2.53. The maximum atomic E-state index is 13.7. The van der Waals surface area contributed by atoms with Crippen molar-refractivity contribution < 1.29 is 13.2 Å². The Balaban J connectivity index is 1.91. The molecular formula is C17H13F3N4. The van der Waals surface area contributed by atoms with E-state index >= 15 is 0 Å². The molecule has 7 heteroatoms. The number of aryl methyl sites for hydroxylation is 1. The van der Waals surface area contributed by atoms with Crippen molar-refractivity contribution in [1.29, 1.82) is 0 Å². The van der Waals surface area contributed by atoms with E-state index in [2.05, 4.69) is 20.6 Å². The van der Waals surface area contributed by atoms with Crippen LogP contribution < -0.4 is 10.6 Å². The van der Waals surface area contributed by atoms with Gasteiger partial charge in [-0.25, -0.2) is 18.2 Å². The molecule has 2 N–H and O–H groups in total. The number of halogens is 3. The minimum absolute atomic E-state index is 0.00200. The molecular weight excluding hydrogens is 317 g/mol. The van der Waals surface area contributed by atoms with E-state index in [4.69, 9.17) is 0 Å². The number of rotatable bonds is 4. The molecule has 0 aliphatic heterocycles. The number of benzene rings is 2. The smallest absolute Gasteiger partial charge is 0.229 e. The SMILES string of the molecule is Cc1cc(Nc2ccccc2F)nc(Nc2c(F)cccc2F)n1. The van der Waals surface area contributed by atoms with E-state index in [1.165, 1.54) is 12.1 Å². The highest BCUT2D eigenvalue weighted by Gasteiger charge is 2.11. The minimum atomic E-state index is -0.760. The van der Waals surface area contributed by atoms with Crippen LogP contribution in [0.3, 0.4) is 0 Å². The van der Waals surface area contributed by atoms with Gasteiger partial charge >= 0.3 is 0 Å². The number of hydrogen-bond acceptors (Lipinski definition) is 4. The fraction of sp³-hybridized carbons (Fsp3) is 0.0588. The first-order valence-electron chi connectivity index (χ1n) is 7.11. The molecule has 1 heterocycles. The number of para-hydroxylation sites is 2. The Labute approximate surface area is 136 Å². The monoisotopic (exact) mass is 330 g/mol. The van der Waals surface area contributed by atoms with Gasteiger partial charge in [0, 0.05) is 11.8 Å². The molecule has 0 bridgehead atoms. The summed E-state index contributed by atoms with van der Waals surface area (Å²) in [5.74, 6) is -1.67. The van der Waals surface area contributed by atoms with Gasteiger partial charge in [0.05, 0.1) is 5.69 Å². The predicted octanol–water partition coefficient (Wildman–Crippen LogP) is 4.69. The first-order valence-corrected chi connectivity index (χ1v) is 7.11. The van der Waals surface area contributed by atoms with Gasteiger partial charge in [-0.05, 0) is 31.2 Å². The summed E-state index contributed by atoms with van der Waals surface area (Å²) in [7, 11) is 0. The molecule has 0 atom stereocenters. The van der Waals surface area contributed by atoms with E-state index in [1.54, 1.807) is 31.2 Å². The van der Waals surface area contributed by atoms with Gasteiger partial charge in [0.2, 0.25) is 5.95 Å². The third-order valence-corrected chi connectivity index (χ3v) is 3.19. The van der Waals surface area contributed by atoms with E-state index in [0.29, 0.717) is 11.5 Å². The van der Waals surface area contributed by atoms with Crippen LogP contribution in [0.4, 0.5) is 36.3 Å². The Morgan fingerprint density at radius 1 is 0.792 bits per heavy atom. The number of aromatic nitrogens is 2. The van der Waals surface area contributed by atoms with Crippen molar-refractivity contribution in [2.75, 3.05) is 10.6 Å². The molecule has 0 radical (unpaired) electrons. The van der Waals surface area contributed by atoms with E-state index in [1.807, 2.05) is 0 Å². The summed E-state index contributed by atoms with van der Waals surface area (Å²) in [6.07, 6.45) is 0. The van der Waals surface area contributed by atoms with Crippen molar-refractivity contribution >= 4 is 23.1 Å². The van der Waals surface area contributed by atoms with Gasteiger partial charge in [-0.15, -0.1) is 0 Å². The molecule has 3 aromatic rings. The maximum absolute atomic E-state index is 13.7.